The molecule has 1 aliphatic heterocycles. The van der Waals surface area contributed by atoms with Gasteiger partial charge in [0.25, 0.3) is 0 Å². The molecule has 1 aliphatic rings. The van der Waals surface area contributed by atoms with Crippen LogP contribution in [0.4, 0.5) is 10.2 Å². The molecular formula is C11H13FN2O4S. The molecular weight excluding hydrogens is 275 g/mol. The van der Waals surface area contributed by atoms with E-state index in [1.807, 2.05) is 0 Å². The Labute approximate surface area is 109 Å². The average Bonchev–Trinajstić information content (AvgIpc) is 2.50. The lowest BCUT2D eigenvalue weighted by Crippen LogP contribution is -2.29. The summed E-state index contributed by atoms with van der Waals surface area (Å²) in [7, 11) is -3.09. The molecule has 1 N–H and O–H groups in total. The van der Waals surface area contributed by atoms with Crippen LogP contribution < -0.4 is 4.90 Å². The van der Waals surface area contributed by atoms with Gasteiger partial charge in [0.2, 0.25) is 0 Å². The standard InChI is InChI=1S/C11H13FN2O4S/c12-8-6-9(11(15)16)10(13-7-8)14-2-1-4-19(17,18)5-3-14/h6-7H,1-5H2,(H,15,16). The predicted molar refractivity (Wildman–Crippen MR) is 66.6 cm³/mol. The summed E-state index contributed by atoms with van der Waals surface area (Å²) < 4.78 is 36.0. The van der Waals surface area contributed by atoms with Crippen molar-refractivity contribution in [2.24, 2.45) is 0 Å². The van der Waals surface area contributed by atoms with Crippen molar-refractivity contribution in [1.29, 1.82) is 0 Å². The number of rotatable bonds is 2. The summed E-state index contributed by atoms with van der Waals surface area (Å²) in [5.74, 6) is -1.87. The molecule has 0 bridgehead atoms. The smallest absolute Gasteiger partial charge is 0.339 e. The van der Waals surface area contributed by atoms with Gasteiger partial charge in [-0.15, -0.1) is 0 Å². The minimum absolute atomic E-state index is 0.0505. The molecule has 1 aromatic heterocycles. The number of anilines is 1. The maximum absolute atomic E-state index is 13.0. The number of hydrogen-bond acceptors (Lipinski definition) is 5. The van der Waals surface area contributed by atoms with Crippen molar-refractivity contribution < 1.29 is 22.7 Å². The first-order valence-corrected chi connectivity index (χ1v) is 7.55. The fourth-order valence-electron chi connectivity index (χ4n) is 1.99. The Morgan fingerprint density at radius 3 is 2.79 bits per heavy atom. The maximum atomic E-state index is 13.0. The van der Waals surface area contributed by atoms with Crippen molar-refractivity contribution in [3.63, 3.8) is 0 Å². The lowest BCUT2D eigenvalue weighted by atomic mass is 10.2. The van der Waals surface area contributed by atoms with Crippen molar-refractivity contribution in [2.45, 2.75) is 6.42 Å². The highest BCUT2D eigenvalue weighted by atomic mass is 32.2. The molecule has 0 atom stereocenters. The zero-order valence-electron chi connectivity index (χ0n) is 10.0. The third-order valence-corrected chi connectivity index (χ3v) is 4.63. The molecule has 2 rings (SSSR count). The van der Waals surface area contributed by atoms with Gasteiger partial charge in [-0.1, -0.05) is 0 Å². The highest BCUT2D eigenvalue weighted by Crippen LogP contribution is 2.20. The van der Waals surface area contributed by atoms with Crippen LogP contribution in [0.5, 0.6) is 0 Å². The summed E-state index contributed by atoms with van der Waals surface area (Å²) in [4.78, 5) is 16.4. The van der Waals surface area contributed by atoms with Crippen LogP contribution in [0.2, 0.25) is 0 Å². The second-order valence-corrected chi connectivity index (χ2v) is 6.63. The first-order valence-electron chi connectivity index (χ1n) is 5.73. The fraction of sp³-hybridized carbons (Fsp3) is 0.455. The van der Waals surface area contributed by atoms with Crippen LogP contribution >= 0.6 is 0 Å². The van der Waals surface area contributed by atoms with E-state index in [2.05, 4.69) is 4.98 Å². The van der Waals surface area contributed by atoms with Crippen LogP contribution in [-0.4, -0.2) is 49.1 Å². The summed E-state index contributed by atoms with van der Waals surface area (Å²) >= 11 is 0. The van der Waals surface area contributed by atoms with Crippen LogP contribution in [0, 0.1) is 5.82 Å². The highest BCUT2D eigenvalue weighted by Gasteiger charge is 2.24. The average molecular weight is 288 g/mol. The summed E-state index contributed by atoms with van der Waals surface area (Å²) in [5.41, 5.74) is -0.251. The molecule has 8 heteroatoms. The molecule has 104 valence electrons. The van der Waals surface area contributed by atoms with Crippen molar-refractivity contribution in [1.82, 2.24) is 4.98 Å². The molecule has 0 radical (unpaired) electrons. The van der Waals surface area contributed by atoms with Crippen molar-refractivity contribution in [3.05, 3.63) is 23.6 Å². The third-order valence-electron chi connectivity index (χ3n) is 2.92. The van der Waals surface area contributed by atoms with E-state index in [9.17, 15) is 17.6 Å². The van der Waals surface area contributed by atoms with Gasteiger partial charge in [-0.25, -0.2) is 22.6 Å². The summed E-state index contributed by atoms with van der Waals surface area (Å²) in [6, 6.07) is 0.893. The Morgan fingerprint density at radius 2 is 2.11 bits per heavy atom. The molecule has 0 aliphatic carbocycles. The molecule has 0 saturated carbocycles. The molecule has 1 fully saturated rings. The van der Waals surface area contributed by atoms with Gasteiger partial charge in [0.1, 0.15) is 17.2 Å². The normalized spacial score (nSPS) is 18.9. The summed E-state index contributed by atoms with van der Waals surface area (Å²) in [6.45, 7) is 0.555. The zero-order valence-corrected chi connectivity index (χ0v) is 10.9. The maximum Gasteiger partial charge on any atom is 0.339 e. The molecule has 0 aromatic carbocycles. The van der Waals surface area contributed by atoms with E-state index in [1.165, 1.54) is 0 Å². The molecule has 1 saturated heterocycles. The molecule has 0 spiro atoms. The monoisotopic (exact) mass is 288 g/mol. The van der Waals surface area contributed by atoms with E-state index in [1.54, 1.807) is 4.90 Å². The Morgan fingerprint density at radius 1 is 1.37 bits per heavy atom. The number of aromatic carboxylic acids is 1. The summed E-state index contributed by atoms with van der Waals surface area (Å²) in [6.07, 6.45) is 1.33. The van der Waals surface area contributed by atoms with Crippen molar-refractivity contribution in [2.75, 3.05) is 29.5 Å². The summed E-state index contributed by atoms with van der Waals surface area (Å²) in [5, 5.41) is 9.04. The minimum atomic E-state index is -3.09. The van der Waals surface area contributed by atoms with E-state index in [0.717, 1.165) is 12.3 Å². The lowest BCUT2D eigenvalue weighted by molar-refractivity contribution is 0.0696. The van der Waals surface area contributed by atoms with Crippen LogP contribution in [0.1, 0.15) is 16.8 Å². The van der Waals surface area contributed by atoms with Gasteiger partial charge < -0.3 is 10.0 Å². The van der Waals surface area contributed by atoms with Gasteiger partial charge in [0.15, 0.2) is 9.84 Å². The fourth-order valence-corrected chi connectivity index (χ4v) is 3.26. The van der Waals surface area contributed by atoms with Crippen LogP contribution in [0.3, 0.4) is 0 Å². The molecule has 6 nitrogen and oxygen atoms in total. The number of sulfone groups is 1. The van der Waals surface area contributed by atoms with Gasteiger partial charge in [-0.2, -0.15) is 0 Å². The number of pyridine rings is 1. The minimum Gasteiger partial charge on any atom is -0.478 e. The number of halogens is 1. The molecule has 0 unspecified atom stereocenters. The quantitative estimate of drug-likeness (QED) is 0.854. The Balaban J connectivity index is 2.34. The van der Waals surface area contributed by atoms with E-state index >= 15 is 0 Å². The second-order valence-electron chi connectivity index (χ2n) is 4.32. The third kappa shape index (κ3) is 3.19. The number of aromatic nitrogens is 1. The predicted octanol–water partition coefficient (Wildman–Crippen LogP) is 0.544. The van der Waals surface area contributed by atoms with E-state index in [0.29, 0.717) is 13.0 Å². The lowest BCUT2D eigenvalue weighted by Gasteiger charge is -2.22. The molecule has 1 aromatic rings. The van der Waals surface area contributed by atoms with Crippen molar-refractivity contribution in [3.8, 4) is 0 Å². The highest BCUT2D eigenvalue weighted by molar-refractivity contribution is 7.91. The molecule has 19 heavy (non-hydrogen) atoms. The van der Waals surface area contributed by atoms with Gasteiger partial charge in [-0.3, -0.25) is 0 Å². The first kappa shape index (κ1) is 13.7. The number of carboxylic acids is 1. The van der Waals surface area contributed by atoms with E-state index < -0.39 is 21.6 Å². The largest absolute Gasteiger partial charge is 0.478 e. The van der Waals surface area contributed by atoms with E-state index in [-0.39, 0.29) is 29.4 Å². The van der Waals surface area contributed by atoms with Gasteiger partial charge in [-0.05, 0) is 12.5 Å². The second kappa shape index (κ2) is 5.12. The first-order chi connectivity index (χ1) is 8.89. The Kier molecular flexibility index (Phi) is 3.70. The van der Waals surface area contributed by atoms with Gasteiger partial charge in [0, 0.05) is 13.1 Å². The number of carboxylic acid groups (broad SMARTS) is 1. The SMILES string of the molecule is O=C(O)c1cc(F)cnc1N1CCCS(=O)(=O)CC1. The Hall–Kier alpha value is -1.70. The van der Waals surface area contributed by atoms with Gasteiger partial charge in [0.05, 0.1) is 17.7 Å². The molecule has 0 amide bonds. The van der Waals surface area contributed by atoms with E-state index in [4.69, 9.17) is 5.11 Å². The zero-order chi connectivity index (χ0) is 14.0. The number of nitrogens with zero attached hydrogens (tertiary/aromatic N) is 2. The van der Waals surface area contributed by atoms with Crippen LogP contribution in [0.15, 0.2) is 12.3 Å². The topological polar surface area (TPSA) is 87.6 Å². The van der Waals surface area contributed by atoms with Crippen LogP contribution in [0.25, 0.3) is 0 Å². The number of carbonyl (C=O) groups is 1. The number of hydrogen-bond donors (Lipinski definition) is 1. The van der Waals surface area contributed by atoms with Crippen LogP contribution in [-0.2, 0) is 9.84 Å². The van der Waals surface area contributed by atoms with Crippen molar-refractivity contribution >= 4 is 21.6 Å². The van der Waals surface area contributed by atoms with Gasteiger partial charge >= 0.3 is 5.97 Å². The Bertz CT molecular complexity index is 603. The molecule has 2 heterocycles.